The SMILES string of the molecule is CC(=O)N1CCN(c2cccc(-c3cc(-n4cc(C)cn4)c4c(N)ncnn34)c2)C(=O)C1(C)C. The minimum absolute atomic E-state index is 0.106. The van der Waals surface area contributed by atoms with Crippen molar-refractivity contribution in [1.82, 2.24) is 29.3 Å². The molecular formula is C24H26N8O2. The molecule has 2 N–H and O–H groups in total. The molecule has 10 nitrogen and oxygen atoms in total. The number of benzene rings is 1. The van der Waals surface area contributed by atoms with Gasteiger partial charge in [0.15, 0.2) is 5.82 Å². The van der Waals surface area contributed by atoms with Gasteiger partial charge in [-0.15, -0.1) is 0 Å². The summed E-state index contributed by atoms with van der Waals surface area (Å²) in [4.78, 5) is 32.9. The summed E-state index contributed by atoms with van der Waals surface area (Å²) in [6.45, 7) is 7.92. The lowest BCUT2D eigenvalue weighted by molar-refractivity contribution is -0.145. The number of hydrogen-bond acceptors (Lipinski definition) is 6. The number of aryl methyl sites for hydroxylation is 1. The van der Waals surface area contributed by atoms with Crippen LogP contribution in [-0.4, -0.2) is 59.7 Å². The molecular weight excluding hydrogens is 432 g/mol. The second-order valence-electron chi connectivity index (χ2n) is 9.02. The fraction of sp³-hybridized carbons (Fsp3) is 0.292. The highest BCUT2D eigenvalue weighted by Gasteiger charge is 2.43. The normalized spacial score (nSPS) is 15.8. The first-order valence-corrected chi connectivity index (χ1v) is 11.0. The lowest BCUT2D eigenvalue weighted by Gasteiger charge is -2.45. The van der Waals surface area contributed by atoms with Gasteiger partial charge in [-0.05, 0) is 44.5 Å². The molecule has 1 fully saturated rings. The van der Waals surface area contributed by atoms with E-state index in [0.29, 0.717) is 24.4 Å². The highest BCUT2D eigenvalue weighted by molar-refractivity contribution is 6.03. The van der Waals surface area contributed by atoms with E-state index in [0.717, 1.165) is 28.2 Å². The first kappa shape index (κ1) is 21.6. The van der Waals surface area contributed by atoms with E-state index in [1.807, 2.05) is 43.5 Å². The minimum atomic E-state index is -0.922. The molecule has 174 valence electrons. The Morgan fingerprint density at radius 3 is 2.65 bits per heavy atom. The van der Waals surface area contributed by atoms with Crippen molar-refractivity contribution in [3.8, 4) is 16.9 Å². The molecule has 4 heterocycles. The fourth-order valence-corrected chi connectivity index (χ4v) is 4.63. The predicted octanol–water partition coefficient (Wildman–Crippen LogP) is 2.45. The number of carbonyl (C=O) groups is 2. The van der Waals surface area contributed by atoms with Crippen molar-refractivity contribution in [2.45, 2.75) is 33.2 Å². The fourth-order valence-electron chi connectivity index (χ4n) is 4.63. The van der Waals surface area contributed by atoms with E-state index >= 15 is 0 Å². The maximum atomic E-state index is 13.3. The van der Waals surface area contributed by atoms with Gasteiger partial charge in [0.25, 0.3) is 5.91 Å². The molecule has 34 heavy (non-hydrogen) atoms. The molecule has 0 unspecified atom stereocenters. The number of anilines is 2. The van der Waals surface area contributed by atoms with E-state index < -0.39 is 5.54 Å². The largest absolute Gasteiger partial charge is 0.382 e. The van der Waals surface area contributed by atoms with Crippen molar-refractivity contribution in [1.29, 1.82) is 0 Å². The standard InChI is InChI=1S/C24H26N8O2/c1-15-12-27-31(13-15)20-11-19(32-21(20)22(25)26-14-28-32)17-6-5-7-18(10-17)29-8-9-30(16(2)33)24(3,4)23(29)34/h5-7,10-14H,8-9H2,1-4H3,(H2,25,26,28). The summed E-state index contributed by atoms with van der Waals surface area (Å²) in [6, 6.07) is 9.69. The average molecular weight is 459 g/mol. The van der Waals surface area contributed by atoms with E-state index in [1.165, 1.54) is 13.3 Å². The molecule has 1 aliphatic rings. The molecule has 0 radical (unpaired) electrons. The molecule has 0 atom stereocenters. The zero-order chi connectivity index (χ0) is 24.2. The van der Waals surface area contributed by atoms with Crippen molar-refractivity contribution in [2.24, 2.45) is 0 Å². The number of carbonyl (C=O) groups excluding carboxylic acids is 2. The molecule has 0 spiro atoms. The molecule has 5 rings (SSSR count). The van der Waals surface area contributed by atoms with Gasteiger partial charge in [-0.1, -0.05) is 12.1 Å². The Balaban J connectivity index is 1.60. The van der Waals surface area contributed by atoms with E-state index in [4.69, 9.17) is 5.73 Å². The molecule has 0 aliphatic carbocycles. The third-order valence-corrected chi connectivity index (χ3v) is 6.35. The van der Waals surface area contributed by atoms with Crippen LogP contribution in [0.3, 0.4) is 0 Å². The maximum absolute atomic E-state index is 13.3. The van der Waals surface area contributed by atoms with Crippen LogP contribution < -0.4 is 10.6 Å². The van der Waals surface area contributed by atoms with Crippen molar-refractivity contribution in [3.05, 3.63) is 54.6 Å². The lowest BCUT2D eigenvalue weighted by Crippen LogP contribution is -2.64. The first-order chi connectivity index (χ1) is 16.2. The van der Waals surface area contributed by atoms with Crippen LogP contribution in [0, 0.1) is 6.92 Å². The number of fused-ring (bicyclic) bond motifs is 1. The van der Waals surface area contributed by atoms with Gasteiger partial charge in [-0.2, -0.15) is 10.2 Å². The van der Waals surface area contributed by atoms with Gasteiger partial charge >= 0.3 is 0 Å². The zero-order valence-electron chi connectivity index (χ0n) is 19.6. The molecule has 3 aromatic heterocycles. The minimum Gasteiger partial charge on any atom is -0.382 e. The van der Waals surface area contributed by atoms with Gasteiger partial charge in [-0.25, -0.2) is 14.2 Å². The van der Waals surface area contributed by atoms with Gasteiger partial charge < -0.3 is 15.5 Å². The molecule has 1 saturated heterocycles. The summed E-state index contributed by atoms with van der Waals surface area (Å²) in [5.41, 5.74) is 10.1. The third kappa shape index (κ3) is 3.30. The first-order valence-electron chi connectivity index (χ1n) is 11.0. The van der Waals surface area contributed by atoms with Crippen molar-refractivity contribution < 1.29 is 9.59 Å². The Morgan fingerprint density at radius 2 is 1.94 bits per heavy atom. The number of nitrogen functional groups attached to an aromatic ring is 1. The van der Waals surface area contributed by atoms with Crippen LogP contribution in [0.25, 0.3) is 22.5 Å². The monoisotopic (exact) mass is 458 g/mol. The van der Waals surface area contributed by atoms with E-state index in [1.54, 1.807) is 39.0 Å². The number of aromatic nitrogens is 5. The van der Waals surface area contributed by atoms with E-state index in [-0.39, 0.29) is 11.8 Å². The summed E-state index contributed by atoms with van der Waals surface area (Å²) in [6.07, 6.45) is 5.11. The molecule has 2 amide bonds. The number of piperazine rings is 1. The van der Waals surface area contributed by atoms with Gasteiger partial charge in [0, 0.05) is 37.5 Å². The molecule has 1 aromatic carbocycles. The Kier molecular flexibility index (Phi) is 4.89. The van der Waals surface area contributed by atoms with Gasteiger partial charge in [0.05, 0.1) is 17.6 Å². The second kappa shape index (κ2) is 7.68. The van der Waals surface area contributed by atoms with Gasteiger partial charge in [0.2, 0.25) is 5.91 Å². The molecule has 4 aromatic rings. The van der Waals surface area contributed by atoms with Gasteiger partial charge in [0.1, 0.15) is 17.4 Å². The van der Waals surface area contributed by atoms with Crippen LogP contribution in [0.5, 0.6) is 0 Å². The predicted molar refractivity (Wildman–Crippen MR) is 129 cm³/mol. The van der Waals surface area contributed by atoms with Crippen LogP contribution in [-0.2, 0) is 9.59 Å². The number of rotatable bonds is 3. The Hall–Kier alpha value is -4.21. The molecule has 0 saturated carbocycles. The number of hydrogen-bond donors (Lipinski definition) is 1. The highest BCUT2D eigenvalue weighted by atomic mass is 16.2. The van der Waals surface area contributed by atoms with Crippen LogP contribution in [0.2, 0.25) is 0 Å². The summed E-state index contributed by atoms with van der Waals surface area (Å²) in [7, 11) is 0. The van der Waals surface area contributed by atoms with Crippen LogP contribution in [0.1, 0.15) is 26.3 Å². The summed E-state index contributed by atoms with van der Waals surface area (Å²) >= 11 is 0. The summed E-state index contributed by atoms with van der Waals surface area (Å²) < 4.78 is 3.50. The number of nitrogens with two attached hydrogens (primary N) is 1. The number of nitrogens with zero attached hydrogens (tertiary/aromatic N) is 7. The van der Waals surface area contributed by atoms with Crippen LogP contribution in [0.4, 0.5) is 11.5 Å². The topological polar surface area (TPSA) is 115 Å². The quantitative estimate of drug-likeness (QED) is 0.504. The van der Waals surface area contributed by atoms with Gasteiger partial charge in [-0.3, -0.25) is 9.59 Å². The number of amides is 2. The molecule has 0 bridgehead atoms. The second-order valence-corrected chi connectivity index (χ2v) is 9.02. The van der Waals surface area contributed by atoms with Crippen molar-refractivity contribution >= 4 is 28.8 Å². The van der Waals surface area contributed by atoms with Crippen molar-refractivity contribution in [3.63, 3.8) is 0 Å². The Bertz CT molecular complexity index is 1430. The maximum Gasteiger partial charge on any atom is 0.252 e. The molecule has 10 heteroatoms. The Morgan fingerprint density at radius 1 is 1.15 bits per heavy atom. The van der Waals surface area contributed by atoms with Crippen LogP contribution in [0.15, 0.2) is 49.1 Å². The van der Waals surface area contributed by atoms with E-state index in [2.05, 4.69) is 15.2 Å². The van der Waals surface area contributed by atoms with Crippen LogP contribution >= 0.6 is 0 Å². The van der Waals surface area contributed by atoms with Crippen molar-refractivity contribution in [2.75, 3.05) is 23.7 Å². The molecule has 1 aliphatic heterocycles. The highest BCUT2D eigenvalue weighted by Crippen LogP contribution is 2.33. The smallest absolute Gasteiger partial charge is 0.252 e. The average Bonchev–Trinajstić information content (AvgIpc) is 3.40. The van der Waals surface area contributed by atoms with E-state index in [9.17, 15) is 9.59 Å². The summed E-state index contributed by atoms with van der Waals surface area (Å²) in [5.74, 6) is 0.119. The lowest BCUT2D eigenvalue weighted by atomic mass is 9.96. The summed E-state index contributed by atoms with van der Waals surface area (Å²) in [5, 5.41) is 8.87. The Labute approximate surface area is 196 Å². The zero-order valence-corrected chi connectivity index (χ0v) is 19.6. The third-order valence-electron chi connectivity index (χ3n) is 6.35.